The van der Waals surface area contributed by atoms with Gasteiger partial charge in [0.1, 0.15) is 6.04 Å². The van der Waals surface area contributed by atoms with Gasteiger partial charge in [0.15, 0.2) is 5.69 Å². The number of hydrogen-bond acceptors (Lipinski definition) is 3. The fourth-order valence-electron chi connectivity index (χ4n) is 0.912. The molecular weight excluding hydrogens is 215 g/mol. The molecule has 82 valence electrons. The van der Waals surface area contributed by atoms with Crippen LogP contribution in [0, 0.1) is 0 Å². The average Bonchev–Trinajstić information content (AvgIpc) is 2.62. The summed E-state index contributed by atoms with van der Waals surface area (Å²) in [6, 6.07) is -0.395. The van der Waals surface area contributed by atoms with Crippen LogP contribution in [0.15, 0.2) is 11.2 Å². The Hall–Kier alpha value is -1.73. The van der Waals surface area contributed by atoms with Crippen molar-refractivity contribution in [3.05, 3.63) is 27.9 Å². The summed E-state index contributed by atoms with van der Waals surface area (Å²) < 4.78 is 36.3. The Morgan fingerprint density at radius 3 is 2.73 bits per heavy atom. The minimum Gasteiger partial charge on any atom is -0.396 e. The number of H-pyrrole nitrogens is 1. The lowest BCUT2D eigenvalue weighted by molar-refractivity contribution is -0.141. The Labute approximate surface area is 81.3 Å². The predicted molar refractivity (Wildman–Crippen MR) is 42.6 cm³/mol. The first-order valence-corrected chi connectivity index (χ1v) is 3.76. The maximum Gasteiger partial charge on any atom is 0.435 e. The maximum absolute atomic E-state index is 12.1. The zero-order valence-electron chi connectivity index (χ0n) is 7.23. The van der Waals surface area contributed by atoms with E-state index < -0.39 is 24.5 Å². The number of nitrogens with one attached hydrogen (secondary N) is 1. The Balaban J connectivity index is 2.97. The molecule has 0 saturated heterocycles. The second kappa shape index (κ2) is 4.20. The van der Waals surface area contributed by atoms with Crippen molar-refractivity contribution in [3.63, 3.8) is 0 Å². The minimum atomic E-state index is -4.56. The SMILES string of the molecule is [N-]=[N+]=NC(CO)c1cc(C(F)(F)F)n[nH]1. The molecule has 1 aromatic rings. The van der Waals surface area contributed by atoms with Crippen LogP contribution in [0.5, 0.6) is 0 Å². The number of aromatic amines is 1. The van der Waals surface area contributed by atoms with Gasteiger partial charge in [-0.3, -0.25) is 5.10 Å². The summed E-state index contributed by atoms with van der Waals surface area (Å²) in [7, 11) is 0. The Kier molecular flexibility index (Phi) is 3.17. The molecule has 1 atom stereocenters. The van der Waals surface area contributed by atoms with E-state index in [9.17, 15) is 13.2 Å². The number of aliphatic hydroxyl groups excluding tert-OH is 1. The molecule has 1 aromatic heterocycles. The molecule has 1 unspecified atom stereocenters. The Morgan fingerprint density at radius 2 is 2.33 bits per heavy atom. The Morgan fingerprint density at radius 1 is 1.67 bits per heavy atom. The van der Waals surface area contributed by atoms with E-state index in [1.54, 1.807) is 0 Å². The molecule has 15 heavy (non-hydrogen) atoms. The van der Waals surface area contributed by atoms with Crippen LogP contribution in [0.2, 0.25) is 0 Å². The van der Waals surface area contributed by atoms with Crippen LogP contribution in [0.4, 0.5) is 13.2 Å². The molecule has 0 fully saturated rings. The van der Waals surface area contributed by atoms with Crippen LogP contribution in [0.3, 0.4) is 0 Å². The topological polar surface area (TPSA) is 97.7 Å². The molecule has 0 aromatic carbocycles. The average molecular weight is 221 g/mol. The van der Waals surface area contributed by atoms with Gasteiger partial charge in [-0.1, -0.05) is 5.11 Å². The normalized spacial score (nSPS) is 13.3. The summed E-state index contributed by atoms with van der Waals surface area (Å²) in [6.07, 6.45) is -4.56. The van der Waals surface area contributed by atoms with Gasteiger partial charge in [0.2, 0.25) is 0 Å². The van der Waals surface area contributed by atoms with Crippen molar-refractivity contribution in [2.75, 3.05) is 6.61 Å². The molecule has 0 aliphatic rings. The van der Waals surface area contributed by atoms with Crippen LogP contribution in [0.1, 0.15) is 17.4 Å². The zero-order valence-corrected chi connectivity index (χ0v) is 7.23. The van der Waals surface area contributed by atoms with Crippen molar-refractivity contribution in [1.82, 2.24) is 10.2 Å². The fourth-order valence-corrected chi connectivity index (χ4v) is 0.912. The molecule has 0 spiro atoms. The first kappa shape index (κ1) is 11.3. The number of azide groups is 1. The monoisotopic (exact) mass is 221 g/mol. The molecule has 6 nitrogen and oxygen atoms in total. The van der Waals surface area contributed by atoms with Crippen molar-refractivity contribution in [3.8, 4) is 0 Å². The lowest BCUT2D eigenvalue weighted by Gasteiger charge is -2.02. The zero-order chi connectivity index (χ0) is 11.5. The number of hydrogen-bond donors (Lipinski definition) is 2. The van der Waals surface area contributed by atoms with Gasteiger partial charge in [-0.05, 0) is 11.6 Å². The van der Waals surface area contributed by atoms with E-state index in [1.807, 2.05) is 0 Å². The van der Waals surface area contributed by atoms with Crippen molar-refractivity contribution in [1.29, 1.82) is 0 Å². The van der Waals surface area contributed by atoms with Crippen molar-refractivity contribution >= 4 is 0 Å². The number of aromatic nitrogens is 2. The smallest absolute Gasteiger partial charge is 0.396 e. The summed E-state index contributed by atoms with van der Waals surface area (Å²) in [5, 5.41) is 16.9. The van der Waals surface area contributed by atoms with Gasteiger partial charge in [-0.25, -0.2) is 0 Å². The predicted octanol–water partition coefficient (Wildman–Crippen LogP) is 1.77. The summed E-state index contributed by atoms with van der Waals surface area (Å²) >= 11 is 0. The van der Waals surface area contributed by atoms with E-state index in [2.05, 4.69) is 20.2 Å². The third kappa shape index (κ3) is 2.61. The summed E-state index contributed by atoms with van der Waals surface area (Å²) in [5.41, 5.74) is 6.88. The number of alkyl halides is 3. The largest absolute Gasteiger partial charge is 0.435 e. The van der Waals surface area contributed by atoms with Gasteiger partial charge in [0, 0.05) is 10.6 Å². The lowest BCUT2D eigenvalue weighted by Crippen LogP contribution is -2.05. The van der Waals surface area contributed by atoms with Crippen LogP contribution < -0.4 is 0 Å². The van der Waals surface area contributed by atoms with E-state index in [0.29, 0.717) is 6.07 Å². The van der Waals surface area contributed by atoms with E-state index in [0.717, 1.165) is 0 Å². The maximum atomic E-state index is 12.1. The third-order valence-electron chi connectivity index (χ3n) is 1.61. The minimum absolute atomic E-state index is 0.0809. The van der Waals surface area contributed by atoms with Gasteiger partial charge in [0.25, 0.3) is 0 Å². The second-order valence-corrected chi connectivity index (χ2v) is 2.61. The van der Waals surface area contributed by atoms with E-state index >= 15 is 0 Å². The van der Waals surface area contributed by atoms with Gasteiger partial charge < -0.3 is 5.11 Å². The molecule has 0 radical (unpaired) electrons. The van der Waals surface area contributed by atoms with Crippen LogP contribution in [-0.4, -0.2) is 21.9 Å². The molecule has 0 saturated carbocycles. The molecule has 0 bridgehead atoms. The van der Waals surface area contributed by atoms with Crippen LogP contribution >= 0.6 is 0 Å². The summed E-state index contributed by atoms with van der Waals surface area (Å²) in [5.74, 6) is 0. The van der Waals surface area contributed by atoms with E-state index in [4.69, 9.17) is 10.6 Å². The highest BCUT2D eigenvalue weighted by atomic mass is 19.4. The van der Waals surface area contributed by atoms with E-state index in [1.165, 1.54) is 0 Å². The van der Waals surface area contributed by atoms with Gasteiger partial charge >= 0.3 is 6.18 Å². The molecule has 0 aliphatic heterocycles. The standard InChI is InChI=1S/C6H6F3N5O/c7-6(8,9)5-1-3(11-13-5)4(2-15)12-14-10/h1,4,15H,2H2,(H,11,13). The van der Waals surface area contributed by atoms with Crippen LogP contribution in [-0.2, 0) is 6.18 Å². The number of aliphatic hydroxyl groups is 1. The van der Waals surface area contributed by atoms with E-state index in [-0.39, 0.29) is 5.69 Å². The van der Waals surface area contributed by atoms with Crippen molar-refractivity contribution in [2.24, 2.45) is 5.11 Å². The highest BCUT2D eigenvalue weighted by molar-refractivity contribution is 5.15. The molecular formula is C6H6F3N5O. The first-order chi connectivity index (χ1) is 6.99. The third-order valence-corrected chi connectivity index (χ3v) is 1.61. The molecule has 1 rings (SSSR count). The quantitative estimate of drug-likeness (QED) is 0.462. The van der Waals surface area contributed by atoms with Crippen molar-refractivity contribution < 1.29 is 18.3 Å². The van der Waals surface area contributed by atoms with Gasteiger partial charge in [-0.15, -0.1) is 0 Å². The molecule has 0 amide bonds. The molecule has 2 N–H and O–H groups in total. The molecule has 9 heteroatoms. The van der Waals surface area contributed by atoms with Crippen LogP contribution in [0.25, 0.3) is 10.4 Å². The molecule has 0 aliphatic carbocycles. The highest BCUT2D eigenvalue weighted by Gasteiger charge is 2.34. The second-order valence-electron chi connectivity index (χ2n) is 2.61. The Bertz CT molecular complexity index is 380. The lowest BCUT2D eigenvalue weighted by atomic mass is 10.2. The highest BCUT2D eigenvalue weighted by Crippen LogP contribution is 2.29. The first-order valence-electron chi connectivity index (χ1n) is 3.76. The molecule has 1 heterocycles. The van der Waals surface area contributed by atoms with Gasteiger partial charge in [-0.2, -0.15) is 18.3 Å². The number of rotatable bonds is 3. The number of nitrogens with zero attached hydrogens (tertiary/aromatic N) is 4. The number of halogens is 3. The fraction of sp³-hybridized carbons (Fsp3) is 0.500. The van der Waals surface area contributed by atoms with Crippen molar-refractivity contribution in [2.45, 2.75) is 12.2 Å². The van der Waals surface area contributed by atoms with Gasteiger partial charge in [0.05, 0.1) is 6.61 Å². The summed E-state index contributed by atoms with van der Waals surface area (Å²) in [4.78, 5) is 2.39. The summed E-state index contributed by atoms with van der Waals surface area (Å²) in [6.45, 7) is -0.594.